The maximum atomic E-state index is 12.5. The van der Waals surface area contributed by atoms with E-state index in [1.165, 1.54) is 12.3 Å². The number of primary amides is 1. The third-order valence-corrected chi connectivity index (χ3v) is 3.75. The van der Waals surface area contributed by atoms with Gasteiger partial charge in [0.05, 0.1) is 42.1 Å². The largest absolute Gasteiger partial charge is 0.384 e. The fraction of sp³-hybridized carbons (Fsp3) is 0.375. The van der Waals surface area contributed by atoms with Gasteiger partial charge in [0, 0.05) is 12.8 Å². The van der Waals surface area contributed by atoms with Gasteiger partial charge in [0.2, 0.25) is 0 Å². The first-order valence-electron chi connectivity index (χ1n) is 7.74. The second-order valence-electron chi connectivity index (χ2n) is 5.53. The fourth-order valence-electron chi connectivity index (χ4n) is 2.31. The molecule has 8 nitrogen and oxygen atoms in total. The van der Waals surface area contributed by atoms with Gasteiger partial charge in [-0.05, 0) is 18.6 Å². The number of carbonyl (C=O) groups excluding carboxylic acids is 1. The minimum Gasteiger partial charge on any atom is -0.384 e. The number of nitrogens with two attached hydrogens (primary N) is 2. The molecule has 2 atom stereocenters. The highest BCUT2D eigenvalue weighted by molar-refractivity contribution is 6.20. The van der Waals surface area contributed by atoms with E-state index in [9.17, 15) is 13.6 Å². The van der Waals surface area contributed by atoms with E-state index in [2.05, 4.69) is 21.4 Å². The molecule has 2 rings (SSSR count). The summed E-state index contributed by atoms with van der Waals surface area (Å²) in [6.07, 6.45) is 0.272. The van der Waals surface area contributed by atoms with Crippen LogP contribution in [-0.2, 0) is 9.53 Å². The number of alkyl halides is 2. The molecule has 0 spiro atoms. The minimum absolute atomic E-state index is 0.106. The van der Waals surface area contributed by atoms with Crippen LogP contribution >= 0.6 is 0 Å². The van der Waals surface area contributed by atoms with Crippen molar-refractivity contribution in [3.05, 3.63) is 35.8 Å². The van der Waals surface area contributed by atoms with Crippen LogP contribution in [0, 0.1) is 17.2 Å². The standard InChI is InChI=1S/C16H18F2N6O2/c17-14(18)12-2-1-10(6-22-12)24-15(20)11(16(21)25)7-23-13-8-26-4-3-9(13)5-19/h1-2,6-7,9,13-14,23H,3-4,8H2,(H2,20,24)(H2,21,25)/b11-7+. The predicted octanol–water partition coefficient (Wildman–Crippen LogP) is 0.895. The molecule has 0 radical (unpaired) electrons. The van der Waals surface area contributed by atoms with Crippen LogP contribution in [0.2, 0.25) is 0 Å². The molecule has 1 aliphatic rings. The van der Waals surface area contributed by atoms with Gasteiger partial charge in [0.15, 0.2) is 0 Å². The number of nitriles is 1. The molecule has 0 bridgehead atoms. The molecule has 0 aliphatic carbocycles. The number of nitrogens with zero attached hydrogens (tertiary/aromatic N) is 3. The minimum atomic E-state index is -2.69. The Morgan fingerprint density at radius 1 is 1.50 bits per heavy atom. The Hall–Kier alpha value is -3.06. The lowest BCUT2D eigenvalue weighted by Crippen LogP contribution is -2.42. The Balaban J connectivity index is 2.17. The number of amidine groups is 1. The first-order chi connectivity index (χ1) is 12.4. The van der Waals surface area contributed by atoms with Crippen molar-refractivity contribution in [3.63, 3.8) is 0 Å². The van der Waals surface area contributed by atoms with E-state index in [1.807, 2.05) is 0 Å². The number of hydrogen-bond donors (Lipinski definition) is 3. The predicted molar refractivity (Wildman–Crippen MR) is 89.2 cm³/mol. The summed E-state index contributed by atoms with van der Waals surface area (Å²) in [6, 6.07) is 4.27. The number of amides is 1. The Kier molecular flexibility index (Phi) is 6.57. The molecule has 2 unspecified atom stereocenters. The van der Waals surface area contributed by atoms with Crippen LogP contribution in [0.1, 0.15) is 18.5 Å². The molecule has 5 N–H and O–H groups in total. The Bertz CT molecular complexity index is 742. The maximum Gasteiger partial charge on any atom is 0.280 e. The summed E-state index contributed by atoms with van der Waals surface area (Å²) in [5.41, 5.74) is 10.8. The smallest absolute Gasteiger partial charge is 0.280 e. The molecule has 2 heterocycles. The molecule has 1 aromatic rings. The van der Waals surface area contributed by atoms with Gasteiger partial charge in [0.25, 0.3) is 12.3 Å². The monoisotopic (exact) mass is 364 g/mol. The SMILES string of the molecule is N#CC1CCOCC1N/C=C(/C(N)=O)C(N)=Nc1ccc(C(F)F)nc1. The normalized spacial score (nSPS) is 21.3. The lowest BCUT2D eigenvalue weighted by atomic mass is 9.96. The van der Waals surface area contributed by atoms with Crippen LogP contribution in [-0.4, -0.2) is 36.0 Å². The van der Waals surface area contributed by atoms with E-state index in [0.717, 1.165) is 12.3 Å². The van der Waals surface area contributed by atoms with Crippen molar-refractivity contribution in [2.45, 2.75) is 18.9 Å². The number of hydrogen-bond acceptors (Lipinski definition) is 6. The zero-order chi connectivity index (χ0) is 19.1. The Labute approximate surface area is 148 Å². The molecule has 0 saturated carbocycles. The second-order valence-corrected chi connectivity index (χ2v) is 5.53. The Morgan fingerprint density at radius 3 is 2.85 bits per heavy atom. The van der Waals surface area contributed by atoms with Gasteiger partial charge in [-0.1, -0.05) is 0 Å². The summed E-state index contributed by atoms with van der Waals surface area (Å²) >= 11 is 0. The lowest BCUT2D eigenvalue weighted by molar-refractivity contribution is -0.114. The van der Waals surface area contributed by atoms with E-state index >= 15 is 0 Å². The molecule has 138 valence electrons. The molecule has 1 aromatic heterocycles. The number of aliphatic imine (C=N–C) groups is 1. The third kappa shape index (κ3) is 4.97. The van der Waals surface area contributed by atoms with E-state index in [0.29, 0.717) is 19.6 Å². The number of rotatable bonds is 6. The Morgan fingerprint density at radius 2 is 2.27 bits per heavy atom. The van der Waals surface area contributed by atoms with E-state index in [-0.39, 0.29) is 29.1 Å². The van der Waals surface area contributed by atoms with E-state index in [1.54, 1.807) is 0 Å². The van der Waals surface area contributed by atoms with Crippen molar-refractivity contribution < 1.29 is 18.3 Å². The third-order valence-electron chi connectivity index (χ3n) is 3.75. The summed E-state index contributed by atoms with van der Waals surface area (Å²) < 4.78 is 30.3. The molecule has 10 heteroatoms. The first-order valence-corrected chi connectivity index (χ1v) is 7.74. The summed E-state index contributed by atoms with van der Waals surface area (Å²) in [4.78, 5) is 19.2. The summed E-state index contributed by atoms with van der Waals surface area (Å²) in [5, 5.41) is 12.0. The van der Waals surface area contributed by atoms with Crippen LogP contribution in [0.25, 0.3) is 0 Å². The number of ether oxygens (including phenoxy) is 1. The van der Waals surface area contributed by atoms with Gasteiger partial charge in [-0.2, -0.15) is 5.26 Å². The molecule has 1 fully saturated rings. The zero-order valence-corrected chi connectivity index (χ0v) is 13.7. The van der Waals surface area contributed by atoms with Crippen molar-refractivity contribution in [1.29, 1.82) is 5.26 Å². The summed E-state index contributed by atoms with van der Waals surface area (Å²) in [5.74, 6) is -1.32. The van der Waals surface area contributed by atoms with Crippen LogP contribution in [0.4, 0.5) is 14.5 Å². The quantitative estimate of drug-likeness (QED) is 0.389. The van der Waals surface area contributed by atoms with Gasteiger partial charge >= 0.3 is 0 Å². The molecule has 1 aliphatic heterocycles. The lowest BCUT2D eigenvalue weighted by Gasteiger charge is -2.27. The molecule has 1 saturated heterocycles. The topological polar surface area (TPSA) is 139 Å². The number of pyridine rings is 1. The van der Waals surface area contributed by atoms with Crippen molar-refractivity contribution in [2.75, 3.05) is 13.2 Å². The second kappa shape index (κ2) is 8.87. The maximum absolute atomic E-state index is 12.5. The molecule has 26 heavy (non-hydrogen) atoms. The van der Waals surface area contributed by atoms with Gasteiger partial charge in [-0.15, -0.1) is 0 Å². The van der Waals surface area contributed by atoms with E-state index in [4.69, 9.17) is 21.5 Å². The fourth-order valence-corrected chi connectivity index (χ4v) is 2.31. The van der Waals surface area contributed by atoms with Gasteiger partial charge in [0.1, 0.15) is 11.5 Å². The highest BCUT2D eigenvalue weighted by Crippen LogP contribution is 2.19. The van der Waals surface area contributed by atoms with Crippen molar-refractivity contribution in [3.8, 4) is 6.07 Å². The molecular weight excluding hydrogens is 346 g/mol. The number of halogens is 2. The number of aromatic nitrogens is 1. The van der Waals surface area contributed by atoms with E-state index < -0.39 is 18.0 Å². The summed E-state index contributed by atoms with van der Waals surface area (Å²) in [6.45, 7) is 0.796. The van der Waals surface area contributed by atoms with Gasteiger partial charge < -0.3 is 21.5 Å². The van der Waals surface area contributed by atoms with Gasteiger partial charge in [-0.3, -0.25) is 9.78 Å². The van der Waals surface area contributed by atoms with Crippen LogP contribution in [0.3, 0.4) is 0 Å². The van der Waals surface area contributed by atoms with Crippen molar-refractivity contribution in [1.82, 2.24) is 10.3 Å². The molecular formula is C16H18F2N6O2. The average Bonchev–Trinajstić information content (AvgIpc) is 2.62. The number of nitrogens with one attached hydrogen (secondary N) is 1. The first kappa shape index (κ1) is 19.3. The van der Waals surface area contributed by atoms with Crippen LogP contribution in [0.15, 0.2) is 35.1 Å². The van der Waals surface area contributed by atoms with Crippen molar-refractivity contribution >= 4 is 17.4 Å². The van der Waals surface area contributed by atoms with Crippen molar-refractivity contribution in [2.24, 2.45) is 22.4 Å². The molecule has 0 aromatic carbocycles. The number of carbonyl (C=O) groups is 1. The average molecular weight is 364 g/mol. The van der Waals surface area contributed by atoms with Crippen LogP contribution < -0.4 is 16.8 Å². The molecule has 1 amide bonds. The highest BCUT2D eigenvalue weighted by atomic mass is 19.3. The zero-order valence-electron chi connectivity index (χ0n) is 13.7. The summed E-state index contributed by atoms with van der Waals surface area (Å²) in [7, 11) is 0. The van der Waals surface area contributed by atoms with Crippen LogP contribution in [0.5, 0.6) is 0 Å². The highest BCUT2D eigenvalue weighted by Gasteiger charge is 2.25. The van der Waals surface area contributed by atoms with Gasteiger partial charge in [-0.25, -0.2) is 13.8 Å².